The summed E-state index contributed by atoms with van der Waals surface area (Å²) in [4.78, 5) is 39.8. The van der Waals surface area contributed by atoms with Gasteiger partial charge in [0.1, 0.15) is 17.2 Å². The maximum atomic E-state index is 15.1. The van der Waals surface area contributed by atoms with E-state index < -0.39 is 30.2 Å². The van der Waals surface area contributed by atoms with Crippen LogP contribution in [0.2, 0.25) is 0 Å². The largest absolute Gasteiger partial charge is 0.345 e. The molecule has 0 radical (unpaired) electrons. The summed E-state index contributed by atoms with van der Waals surface area (Å²) < 4.78 is 44.5. The Kier molecular flexibility index (Phi) is 6.95. The molecule has 1 saturated heterocycles. The number of nitrogens with zero attached hydrogens (tertiary/aromatic N) is 8. The Morgan fingerprint density at radius 3 is 2.68 bits per heavy atom. The number of carbonyl (C=O) groups is 2. The van der Waals surface area contributed by atoms with E-state index in [2.05, 4.69) is 25.6 Å². The Hall–Kier alpha value is -4.66. The summed E-state index contributed by atoms with van der Waals surface area (Å²) in [6.07, 6.45) is 3.30. The van der Waals surface area contributed by atoms with E-state index in [1.165, 1.54) is 23.9 Å². The van der Waals surface area contributed by atoms with Crippen molar-refractivity contribution < 1.29 is 22.8 Å². The monoisotopic (exact) mass is 581 g/mol. The lowest BCUT2D eigenvalue weighted by Crippen LogP contribution is -2.52. The van der Waals surface area contributed by atoms with E-state index in [9.17, 15) is 18.4 Å². The first kappa shape index (κ1) is 26.6. The molecule has 0 saturated carbocycles. The molecule has 4 aromatic heterocycles. The molecule has 210 valence electrons. The number of thiazole rings is 1. The van der Waals surface area contributed by atoms with Gasteiger partial charge in [-0.25, -0.2) is 32.8 Å². The lowest BCUT2D eigenvalue weighted by molar-refractivity contribution is -0.130. The van der Waals surface area contributed by atoms with Crippen molar-refractivity contribution in [1.29, 1.82) is 0 Å². The number of aromatic nitrogens is 7. The van der Waals surface area contributed by atoms with Crippen molar-refractivity contribution in [2.75, 3.05) is 13.1 Å². The Balaban J connectivity index is 1.42. The molecule has 1 aromatic carbocycles. The molecule has 1 aliphatic heterocycles. The molecule has 5 aromatic rings. The maximum Gasteiger partial charge on any atom is 0.280 e. The SMILES string of the molecule is CC(=O)N1CC(NC(=O)c2ncc(C(F)F)s2)CC(n2c(-c3ccccc3F)nc3cnc(-n4ccnn4)cc32)C1. The third-order valence-electron chi connectivity index (χ3n) is 6.84. The molecule has 0 spiro atoms. The number of rotatable bonds is 6. The predicted molar refractivity (Wildman–Crippen MR) is 142 cm³/mol. The van der Waals surface area contributed by atoms with Crippen LogP contribution in [0.15, 0.2) is 55.1 Å². The molecule has 2 atom stereocenters. The van der Waals surface area contributed by atoms with Crippen molar-refractivity contribution in [3.8, 4) is 17.2 Å². The van der Waals surface area contributed by atoms with Gasteiger partial charge in [0, 0.05) is 38.3 Å². The van der Waals surface area contributed by atoms with E-state index in [1.807, 2.05) is 4.57 Å². The molecule has 1 fully saturated rings. The first-order valence-electron chi connectivity index (χ1n) is 12.6. The molecule has 41 heavy (non-hydrogen) atoms. The zero-order valence-corrected chi connectivity index (χ0v) is 22.3. The van der Waals surface area contributed by atoms with Crippen LogP contribution in [0.1, 0.15) is 40.5 Å². The number of pyridine rings is 1. The first-order chi connectivity index (χ1) is 19.8. The highest BCUT2D eigenvalue weighted by Crippen LogP contribution is 2.34. The molecule has 2 amide bonds. The van der Waals surface area contributed by atoms with Crippen molar-refractivity contribution >= 4 is 34.2 Å². The topological polar surface area (TPSA) is 124 Å². The third kappa shape index (κ3) is 5.15. The van der Waals surface area contributed by atoms with E-state index in [0.717, 1.165) is 6.20 Å². The quantitative estimate of drug-likeness (QED) is 0.324. The molecule has 6 rings (SSSR count). The Morgan fingerprint density at radius 1 is 1.15 bits per heavy atom. The van der Waals surface area contributed by atoms with Gasteiger partial charge >= 0.3 is 0 Å². The van der Waals surface area contributed by atoms with Gasteiger partial charge in [-0.3, -0.25) is 9.59 Å². The molecule has 2 unspecified atom stereocenters. The summed E-state index contributed by atoms with van der Waals surface area (Å²) in [5.74, 6) is -0.517. The number of amides is 2. The van der Waals surface area contributed by atoms with Crippen LogP contribution >= 0.6 is 11.3 Å². The number of hydrogen-bond acceptors (Lipinski definition) is 8. The summed E-state index contributed by atoms with van der Waals surface area (Å²) in [6.45, 7) is 1.90. The molecule has 1 N–H and O–H groups in total. The molecular weight excluding hydrogens is 559 g/mol. The number of fused-ring (bicyclic) bond motifs is 1. The van der Waals surface area contributed by atoms with E-state index in [1.54, 1.807) is 41.6 Å². The lowest BCUT2D eigenvalue weighted by atomic mass is 9.99. The van der Waals surface area contributed by atoms with Gasteiger partial charge in [0.2, 0.25) is 5.91 Å². The summed E-state index contributed by atoms with van der Waals surface area (Å²) in [5, 5.41) is 10.6. The predicted octanol–water partition coefficient (Wildman–Crippen LogP) is 3.80. The van der Waals surface area contributed by atoms with Crippen molar-refractivity contribution in [3.05, 3.63) is 70.8 Å². The van der Waals surface area contributed by atoms with Crippen LogP contribution < -0.4 is 5.32 Å². The lowest BCUT2D eigenvalue weighted by Gasteiger charge is -2.38. The van der Waals surface area contributed by atoms with Crippen LogP contribution in [0, 0.1) is 5.82 Å². The van der Waals surface area contributed by atoms with E-state index >= 15 is 4.39 Å². The zero-order valence-electron chi connectivity index (χ0n) is 21.5. The number of alkyl halides is 2. The number of piperidine rings is 1. The fraction of sp³-hybridized carbons (Fsp3) is 0.269. The van der Waals surface area contributed by atoms with Gasteiger partial charge in [0.05, 0.1) is 40.6 Å². The number of hydrogen-bond donors (Lipinski definition) is 1. The standard InChI is InChI=1S/C26H22F3N9O2S/c1-14(39)36-12-15(33-25(40)26-31-11-21(41-26)23(28)29)8-16(13-36)38-20-9-22(37-7-6-32-35-37)30-10-19(20)34-24(38)17-4-2-3-5-18(17)27/h2-7,9-11,15-16,23H,8,12-13H2,1H3,(H,33,40). The van der Waals surface area contributed by atoms with Crippen LogP contribution in [0.4, 0.5) is 13.2 Å². The Labute approximate surface area is 234 Å². The normalized spacial score (nSPS) is 17.3. The summed E-state index contributed by atoms with van der Waals surface area (Å²) in [6, 6.07) is 7.00. The first-order valence-corrected chi connectivity index (χ1v) is 13.4. The summed E-state index contributed by atoms with van der Waals surface area (Å²) in [7, 11) is 0. The van der Waals surface area contributed by atoms with E-state index in [4.69, 9.17) is 4.98 Å². The van der Waals surface area contributed by atoms with Crippen LogP contribution in [0.25, 0.3) is 28.2 Å². The van der Waals surface area contributed by atoms with E-state index in [-0.39, 0.29) is 34.4 Å². The molecule has 1 aliphatic rings. The van der Waals surface area contributed by atoms with Crippen molar-refractivity contribution in [2.45, 2.75) is 31.9 Å². The van der Waals surface area contributed by atoms with Gasteiger partial charge < -0.3 is 14.8 Å². The van der Waals surface area contributed by atoms with Crippen molar-refractivity contribution in [3.63, 3.8) is 0 Å². The van der Waals surface area contributed by atoms with Crippen molar-refractivity contribution in [1.82, 2.24) is 44.7 Å². The number of benzene rings is 1. The Bertz CT molecular complexity index is 1740. The highest BCUT2D eigenvalue weighted by Gasteiger charge is 2.34. The highest BCUT2D eigenvalue weighted by molar-refractivity contribution is 7.13. The number of halogens is 3. The van der Waals surface area contributed by atoms with Crippen LogP contribution in [0.3, 0.4) is 0 Å². The smallest absolute Gasteiger partial charge is 0.280 e. The molecule has 15 heteroatoms. The second-order valence-electron chi connectivity index (χ2n) is 9.52. The fourth-order valence-corrected chi connectivity index (χ4v) is 5.68. The van der Waals surface area contributed by atoms with E-state index in [0.29, 0.717) is 40.4 Å². The zero-order chi connectivity index (χ0) is 28.7. The average Bonchev–Trinajstić information content (AvgIpc) is 3.73. The average molecular weight is 582 g/mol. The number of likely N-dealkylation sites (tertiary alicyclic amines) is 1. The minimum absolute atomic E-state index is 0.0968. The molecule has 0 aliphatic carbocycles. The van der Waals surface area contributed by atoms with Gasteiger partial charge in [-0.2, -0.15) is 0 Å². The minimum atomic E-state index is -2.73. The van der Waals surface area contributed by atoms with Crippen molar-refractivity contribution in [2.24, 2.45) is 0 Å². The van der Waals surface area contributed by atoms with Gasteiger partial charge in [-0.1, -0.05) is 17.3 Å². The molecule has 11 nitrogen and oxygen atoms in total. The van der Waals surface area contributed by atoms with Gasteiger partial charge in [0.15, 0.2) is 10.8 Å². The molecular formula is C26H22F3N9O2S. The van der Waals surface area contributed by atoms with Gasteiger partial charge in [-0.05, 0) is 18.6 Å². The second-order valence-corrected chi connectivity index (χ2v) is 10.6. The highest BCUT2D eigenvalue weighted by atomic mass is 32.1. The van der Waals surface area contributed by atoms with Crippen LogP contribution in [0.5, 0.6) is 0 Å². The maximum absolute atomic E-state index is 15.1. The van der Waals surface area contributed by atoms with Crippen LogP contribution in [-0.4, -0.2) is 70.4 Å². The second kappa shape index (κ2) is 10.7. The fourth-order valence-electron chi connectivity index (χ4n) is 5.01. The number of imidazole rings is 1. The summed E-state index contributed by atoms with van der Waals surface area (Å²) in [5.41, 5.74) is 1.37. The number of carbonyl (C=O) groups excluding carboxylic acids is 2. The van der Waals surface area contributed by atoms with Gasteiger partial charge in [-0.15, -0.1) is 16.4 Å². The van der Waals surface area contributed by atoms with Crippen LogP contribution in [-0.2, 0) is 4.79 Å². The molecule has 5 heterocycles. The minimum Gasteiger partial charge on any atom is -0.345 e. The molecule has 0 bridgehead atoms. The summed E-state index contributed by atoms with van der Waals surface area (Å²) >= 11 is 0.616. The Morgan fingerprint density at radius 2 is 1.98 bits per heavy atom. The van der Waals surface area contributed by atoms with Gasteiger partial charge in [0.25, 0.3) is 12.3 Å². The third-order valence-corrected chi connectivity index (χ3v) is 7.84. The number of nitrogens with one attached hydrogen (secondary N) is 1.